The van der Waals surface area contributed by atoms with Gasteiger partial charge in [0.15, 0.2) is 11.5 Å². The summed E-state index contributed by atoms with van der Waals surface area (Å²) in [7, 11) is 4.97. The number of ether oxygens (including phenoxy) is 3. The van der Waals surface area contributed by atoms with Gasteiger partial charge in [0.05, 0.1) is 21.3 Å². The summed E-state index contributed by atoms with van der Waals surface area (Å²) in [5, 5.41) is 0. The number of piperidine rings is 1. The summed E-state index contributed by atoms with van der Waals surface area (Å²) in [6.07, 6.45) is 3.76. The minimum atomic E-state index is 0.487. The molecule has 0 amide bonds. The number of methoxy groups -OCH3 is 3. The summed E-state index contributed by atoms with van der Waals surface area (Å²) in [6.45, 7) is 4.75. The average Bonchev–Trinajstić information content (AvgIpc) is 3.07. The molecule has 3 rings (SSSR count). The van der Waals surface area contributed by atoms with Crippen molar-refractivity contribution in [1.82, 2.24) is 4.90 Å². The van der Waals surface area contributed by atoms with Crippen LogP contribution < -0.4 is 14.2 Å². The second-order valence-electron chi connectivity index (χ2n) is 6.32. The van der Waals surface area contributed by atoms with Crippen LogP contribution >= 0.6 is 0 Å². The first-order chi connectivity index (χ1) is 10.1. The van der Waals surface area contributed by atoms with Crippen LogP contribution in [0.15, 0.2) is 12.1 Å². The molecule has 1 saturated carbocycles. The van der Waals surface area contributed by atoms with Crippen molar-refractivity contribution in [2.45, 2.75) is 31.7 Å². The molecule has 2 aliphatic rings. The van der Waals surface area contributed by atoms with Crippen molar-refractivity contribution < 1.29 is 14.2 Å². The second kappa shape index (κ2) is 5.41. The third-order valence-electron chi connectivity index (χ3n) is 5.24. The van der Waals surface area contributed by atoms with Gasteiger partial charge in [-0.25, -0.2) is 0 Å². The van der Waals surface area contributed by atoms with Crippen LogP contribution in [0.3, 0.4) is 0 Å². The topological polar surface area (TPSA) is 30.9 Å². The number of benzene rings is 1. The standard InChI is InChI=1S/C17H25NO3/c1-17-11-13(17)6-8-18(17)7-5-12-9-14(19-2)16(21-4)15(10-12)20-3/h9-10,13H,5-8,11H2,1-4H3/t13?,17-/m0/s1. The van der Waals surface area contributed by atoms with Gasteiger partial charge in [-0.1, -0.05) is 0 Å². The summed E-state index contributed by atoms with van der Waals surface area (Å²) in [4.78, 5) is 2.64. The molecule has 2 atom stereocenters. The van der Waals surface area contributed by atoms with Crippen molar-refractivity contribution in [3.63, 3.8) is 0 Å². The summed E-state index contributed by atoms with van der Waals surface area (Å²) in [5.74, 6) is 3.09. The van der Waals surface area contributed by atoms with Gasteiger partial charge in [0.25, 0.3) is 0 Å². The van der Waals surface area contributed by atoms with Crippen molar-refractivity contribution >= 4 is 0 Å². The first kappa shape index (κ1) is 14.5. The molecule has 0 spiro atoms. The highest BCUT2D eigenvalue weighted by atomic mass is 16.5. The van der Waals surface area contributed by atoms with Gasteiger partial charge in [0.2, 0.25) is 5.75 Å². The average molecular weight is 291 g/mol. The molecule has 0 aromatic heterocycles. The molecule has 1 saturated heterocycles. The molecule has 1 heterocycles. The Balaban J connectivity index is 1.73. The van der Waals surface area contributed by atoms with E-state index in [9.17, 15) is 0 Å². The van der Waals surface area contributed by atoms with Gasteiger partial charge in [-0.2, -0.15) is 0 Å². The van der Waals surface area contributed by atoms with E-state index in [2.05, 4.69) is 24.0 Å². The molecular weight excluding hydrogens is 266 g/mol. The maximum absolute atomic E-state index is 5.42. The molecule has 2 fully saturated rings. The second-order valence-corrected chi connectivity index (χ2v) is 6.32. The van der Waals surface area contributed by atoms with Crippen molar-refractivity contribution in [3.8, 4) is 17.2 Å². The minimum absolute atomic E-state index is 0.487. The summed E-state index contributed by atoms with van der Waals surface area (Å²) >= 11 is 0. The van der Waals surface area contributed by atoms with Crippen LogP contribution in [0.1, 0.15) is 25.3 Å². The number of fused-ring (bicyclic) bond motifs is 1. The summed E-state index contributed by atoms with van der Waals surface area (Å²) in [5.41, 5.74) is 1.72. The van der Waals surface area contributed by atoms with Crippen LogP contribution in [0.2, 0.25) is 0 Å². The Kier molecular flexibility index (Phi) is 3.74. The number of nitrogens with zero attached hydrogens (tertiary/aromatic N) is 1. The van der Waals surface area contributed by atoms with Crippen LogP contribution in [0.25, 0.3) is 0 Å². The third kappa shape index (κ3) is 2.46. The highest BCUT2D eigenvalue weighted by Gasteiger charge is 2.57. The van der Waals surface area contributed by atoms with E-state index in [0.29, 0.717) is 11.3 Å². The van der Waals surface area contributed by atoms with Crippen LogP contribution in [-0.4, -0.2) is 44.9 Å². The van der Waals surface area contributed by atoms with E-state index in [0.717, 1.165) is 30.4 Å². The molecule has 0 bridgehead atoms. The van der Waals surface area contributed by atoms with Crippen molar-refractivity contribution in [2.24, 2.45) is 5.92 Å². The molecule has 0 radical (unpaired) electrons. The van der Waals surface area contributed by atoms with Gasteiger partial charge in [-0.15, -0.1) is 0 Å². The predicted octanol–water partition coefficient (Wildman–Crippen LogP) is 2.74. The SMILES string of the molecule is COc1cc(CCN2CCC3C[C@@]32C)cc(OC)c1OC. The lowest BCUT2D eigenvalue weighted by Crippen LogP contribution is -2.33. The van der Waals surface area contributed by atoms with Crippen LogP contribution in [-0.2, 0) is 6.42 Å². The molecule has 4 nitrogen and oxygen atoms in total. The van der Waals surface area contributed by atoms with E-state index in [1.807, 2.05) is 0 Å². The smallest absolute Gasteiger partial charge is 0.203 e. The highest BCUT2D eigenvalue weighted by molar-refractivity contribution is 5.53. The molecule has 1 aliphatic carbocycles. The Hall–Kier alpha value is -1.42. The highest BCUT2D eigenvalue weighted by Crippen LogP contribution is 2.55. The van der Waals surface area contributed by atoms with E-state index in [1.54, 1.807) is 21.3 Å². The molecule has 1 aliphatic heterocycles. The Morgan fingerprint density at radius 1 is 1.14 bits per heavy atom. The molecule has 4 heteroatoms. The van der Waals surface area contributed by atoms with Crippen LogP contribution in [0.4, 0.5) is 0 Å². The maximum atomic E-state index is 5.42. The van der Waals surface area contributed by atoms with Gasteiger partial charge in [0, 0.05) is 12.1 Å². The number of likely N-dealkylation sites (tertiary alicyclic amines) is 1. The van der Waals surface area contributed by atoms with Gasteiger partial charge in [-0.3, -0.25) is 4.90 Å². The fraction of sp³-hybridized carbons (Fsp3) is 0.647. The van der Waals surface area contributed by atoms with Gasteiger partial charge in [0.1, 0.15) is 0 Å². The molecule has 1 unspecified atom stereocenters. The molecule has 1 aromatic carbocycles. The Morgan fingerprint density at radius 3 is 2.24 bits per heavy atom. The van der Waals surface area contributed by atoms with Crippen LogP contribution in [0, 0.1) is 5.92 Å². The van der Waals surface area contributed by atoms with Crippen molar-refractivity contribution in [2.75, 3.05) is 34.4 Å². The van der Waals surface area contributed by atoms with E-state index in [1.165, 1.54) is 24.9 Å². The number of hydrogen-bond acceptors (Lipinski definition) is 4. The monoisotopic (exact) mass is 291 g/mol. The summed E-state index contributed by atoms with van der Waals surface area (Å²) < 4.78 is 16.2. The van der Waals surface area contributed by atoms with E-state index < -0.39 is 0 Å². The fourth-order valence-electron chi connectivity index (χ4n) is 3.72. The van der Waals surface area contributed by atoms with Gasteiger partial charge < -0.3 is 14.2 Å². The van der Waals surface area contributed by atoms with Crippen LogP contribution in [0.5, 0.6) is 17.2 Å². The zero-order valence-electron chi connectivity index (χ0n) is 13.4. The van der Waals surface area contributed by atoms with Crippen molar-refractivity contribution in [1.29, 1.82) is 0 Å². The normalized spacial score (nSPS) is 27.3. The zero-order chi connectivity index (χ0) is 15.0. The molecule has 21 heavy (non-hydrogen) atoms. The zero-order valence-corrected chi connectivity index (χ0v) is 13.4. The van der Waals surface area contributed by atoms with Gasteiger partial charge >= 0.3 is 0 Å². The third-order valence-corrected chi connectivity index (χ3v) is 5.24. The van der Waals surface area contributed by atoms with E-state index in [4.69, 9.17) is 14.2 Å². The number of rotatable bonds is 6. The van der Waals surface area contributed by atoms with Crippen molar-refractivity contribution in [3.05, 3.63) is 17.7 Å². The first-order valence-corrected chi connectivity index (χ1v) is 7.66. The lowest BCUT2D eigenvalue weighted by atomic mass is 10.1. The first-order valence-electron chi connectivity index (χ1n) is 7.66. The van der Waals surface area contributed by atoms with E-state index in [-0.39, 0.29) is 0 Å². The Morgan fingerprint density at radius 2 is 1.81 bits per heavy atom. The fourth-order valence-corrected chi connectivity index (χ4v) is 3.72. The maximum Gasteiger partial charge on any atom is 0.203 e. The Bertz CT molecular complexity index is 504. The quantitative estimate of drug-likeness (QED) is 0.806. The lowest BCUT2D eigenvalue weighted by Gasteiger charge is -2.25. The minimum Gasteiger partial charge on any atom is -0.493 e. The molecule has 1 aromatic rings. The van der Waals surface area contributed by atoms with E-state index >= 15 is 0 Å². The lowest BCUT2D eigenvalue weighted by molar-refractivity contribution is 0.228. The molecular formula is C17H25NO3. The molecule has 116 valence electrons. The number of hydrogen-bond donors (Lipinski definition) is 0. The molecule has 0 N–H and O–H groups in total. The Labute approximate surface area is 127 Å². The summed E-state index contributed by atoms with van der Waals surface area (Å²) in [6, 6.07) is 4.12. The van der Waals surface area contributed by atoms with Gasteiger partial charge in [-0.05, 0) is 56.3 Å². The predicted molar refractivity (Wildman–Crippen MR) is 82.5 cm³/mol. The largest absolute Gasteiger partial charge is 0.493 e.